The third kappa shape index (κ3) is 3.33. The van der Waals surface area contributed by atoms with Gasteiger partial charge in [0.2, 0.25) is 4.96 Å². The molecular formula is C19H23N3O5S2. The van der Waals surface area contributed by atoms with E-state index < -0.39 is 26.8 Å². The van der Waals surface area contributed by atoms with E-state index in [1.807, 2.05) is 6.92 Å². The van der Waals surface area contributed by atoms with E-state index in [-0.39, 0.29) is 23.5 Å². The summed E-state index contributed by atoms with van der Waals surface area (Å²) >= 11 is 1.29. The Balaban J connectivity index is 1.86. The van der Waals surface area contributed by atoms with Crippen LogP contribution in [0.4, 0.5) is 0 Å². The molecule has 2 heterocycles. The highest BCUT2D eigenvalue weighted by Crippen LogP contribution is 2.39. The molecule has 10 heteroatoms. The average Bonchev–Trinajstić information content (AvgIpc) is 3.15. The first-order valence-electron chi connectivity index (χ1n) is 9.21. The molecule has 0 atom stereocenters. The molecule has 29 heavy (non-hydrogen) atoms. The first-order valence-corrected chi connectivity index (χ1v) is 11.6. The summed E-state index contributed by atoms with van der Waals surface area (Å²) in [5.41, 5.74) is 0.913. The third-order valence-corrected chi connectivity index (χ3v) is 8.57. The van der Waals surface area contributed by atoms with Gasteiger partial charge in [-0.3, -0.25) is 0 Å². The molecule has 1 aliphatic carbocycles. The summed E-state index contributed by atoms with van der Waals surface area (Å²) in [6, 6.07) is 4.98. The SMILES string of the molecule is COc1ccc(-c2c(C)nc3sc(C(C)(C)O)nn23)cc1S(=O)(=O)[C@H]1C[C@@H](O)C1. The number of hydrogen-bond acceptors (Lipinski definition) is 8. The second kappa shape index (κ2) is 6.76. The maximum absolute atomic E-state index is 13.1. The van der Waals surface area contributed by atoms with Crippen molar-refractivity contribution in [2.24, 2.45) is 0 Å². The van der Waals surface area contributed by atoms with Gasteiger partial charge in [-0.1, -0.05) is 11.3 Å². The maximum atomic E-state index is 13.1. The summed E-state index contributed by atoms with van der Waals surface area (Å²) in [5, 5.41) is 24.2. The first-order chi connectivity index (χ1) is 13.5. The van der Waals surface area contributed by atoms with Gasteiger partial charge in [0.1, 0.15) is 21.3 Å². The van der Waals surface area contributed by atoms with Crippen molar-refractivity contribution >= 4 is 26.1 Å². The van der Waals surface area contributed by atoms with Crippen LogP contribution in [0.3, 0.4) is 0 Å². The van der Waals surface area contributed by atoms with Gasteiger partial charge >= 0.3 is 0 Å². The highest BCUT2D eigenvalue weighted by atomic mass is 32.2. The van der Waals surface area contributed by atoms with Crippen LogP contribution in [0.1, 0.15) is 37.4 Å². The minimum atomic E-state index is -3.65. The number of aryl methyl sites for hydroxylation is 1. The van der Waals surface area contributed by atoms with E-state index in [2.05, 4.69) is 10.1 Å². The number of benzene rings is 1. The smallest absolute Gasteiger partial charge is 0.213 e. The molecule has 2 aromatic heterocycles. The second-order valence-electron chi connectivity index (χ2n) is 7.86. The molecule has 156 valence electrons. The number of ether oxygens (including phenoxy) is 1. The van der Waals surface area contributed by atoms with Crippen LogP contribution < -0.4 is 4.74 Å². The number of imidazole rings is 1. The highest BCUT2D eigenvalue weighted by molar-refractivity contribution is 7.92. The molecule has 0 bridgehead atoms. The largest absolute Gasteiger partial charge is 0.495 e. The number of rotatable bonds is 5. The Hall–Kier alpha value is -2.01. The first kappa shape index (κ1) is 20.3. The summed E-state index contributed by atoms with van der Waals surface area (Å²) in [6.45, 7) is 5.15. The number of methoxy groups -OCH3 is 1. The van der Waals surface area contributed by atoms with E-state index in [0.717, 1.165) is 0 Å². The van der Waals surface area contributed by atoms with Crippen molar-refractivity contribution in [3.63, 3.8) is 0 Å². The van der Waals surface area contributed by atoms with Crippen LogP contribution in [0, 0.1) is 6.92 Å². The molecule has 0 amide bonds. The lowest BCUT2D eigenvalue weighted by molar-refractivity contribution is 0.0773. The van der Waals surface area contributed by atoms with Crippen molar-refractivity contribution in [3.8, 4) is 17.0 Å². The number of aliphatic hydroxyl groups is 2. The van der Waals surface area contributed by atoms with Crippen molar-refractivity contribution in [1.82, 2.24) is 14.6 Å². The zero-order valence-electron chi connectivity index (χ0n) is 16.6. The highest BCUT2D eigenvalue weighted by Gasteiger charge is 2.40. The van der Waals surface area contributed by atoms with Crippen LogP contribution in [0.15, 0.2) is 23.1 Å². The zero-order chi connectivity index (χ0) is 21.1. The summed E-state index contributed by atoms with van der Waals surface area (Å²) in [7, 11) is -2.22. The Labute approximate surface area is 172 Å². The molecule has 1 fully saturated rings. The predicted octanol–water partition coefficient (Wildman–Crippen LogP) is 2.30. The van der Waals surface area contributed by atoms with Crippen LogP contribution in [0.25, 0.3) is 16.2 Å². The van der Waals surface area contributed by atoms with Gasteiger partial charge in [0, 0.05) is 5.56 Å². The molecule has 1 saturated carbocycles. The summed E-state index contributed by atoms with van der Waals surface area (Å²) in [5.74, 6) is 0.268. The molecular weight excluding hydrogens is 414 g/mol. The third-order valence-electron chi connectivity index (χ3n) is 5.15. The number of hydrogen-bond donors (Lipinski definition) is 2. The Kier molecular flexibility index (Phi) is 4.73. The molecule has 1 aliphatic rings. The van der Waals surface area contributed by atoms with Crippen LogP contribution in [0.5, 0.6) is 5.75 Å². The number of sulfone groups is 1. The molecule has 0 saturated heterocycles. The van der Waals surface area contributed by atoms with Crippen molar-refractivity contribution in [2.75, 3.05) is 7.11 Å². The van der Waals surface area contributed by atoms with Crippen molar-refractivity contribution in [3.05, 3.63) is 28.9 Å². The van der Waals surface area contributed by atoms with Crippen LogP contribution in [-0.4, -0.2) is 51.7 Å². The van der Waals surface area contributed by atoms with Crippen molar-refractivity contribution in [1.29, 1.82) is 0 Å². The second-order valence-corrected chi connectivity index (χ2v) is 11.0. The van der Waals surface area contributed by atoms with Gasteiger partial charge in [0.15, 0.2) is 9.84 Å². The fraction of sp³-hybridized carbons (Fsp3) is 0.474. The van der Waals surface area contributed by atoms with Gasteiger partial charge < -0.3 is 14.9 Å². The summed E-state index contributed by atoms with van der Waals surface area (Å²) in [4.78, 5) is 5.25. The predicted molar refractivity (Wildman–Crippen MR) is 109 cm³/mol. The quantitative estimate of drug-likeness (QED) is 0.629. The van der Waals surface area contributed by atoms with E-state index in [1.165, 1.54) is 18.4 Å². The number of aromatic nitrogens is 3. The molecule has 2 N–H and O–H groups in total. The Morgan fingerprint density at radius 1 is 1.31 bits per heavy atom. The van der Waals surface area contributed by atoms with E-state index in [9.17, 15) is 18.6 Å². The molecule has 0 spiro atoms. The standard InChI is InChI=1S/C19H23N3O5S2/c1-10-16(22-18(20-10)28-17(21-22)19(2,3)24)11-5-6-14(27-4)15(7-11)29(25,26)13-8-12(23)9-13/h5-7,12-13,23-24H,8-9H2,1-4H3/t12-,13+. The topological polar surface area (TPSA) is 114 Å². The fourth-order valence-electron chi connectivity index (χ4n) is 3.44. The van der Waals surface area contributed by atoms with Gasteiger partial charge in [-0.25, -0.2) is 17.9 Å². The molecule has 1 aromatic carbocycles. The van der Waals surface area contributed by atoms with Gasteiger partial charge in [-0.2, -0.15) is 5.10 Å². The molecule has 0 radical (unpaired) electrons. The number of fused-ring (bicyclic) bond motifs is 1. The van der Waals surface area contributed by atoms with E-state index >= 15 is 0 Å². The van der Waals surface area contributed by atoms with Gasteiger partial charge in [-0.05, 0) is 51.8 Å². The minimum Gasteiger partial charge on any atom is -0.495 e. The minimum absolute atomic E-state index is 0.0988. The van der Waals surface area contributed by atoms with E-state index in [0.29, 0.717) is 26.9 Å². The normalized spacial score (nSPS) is 20.1. The Morgan fingerprint density at radius 2 is 2.00 bits per heavy atom. The maximum Gasteiger partial charge on any atom is 0.213 e. The Bertz CT molecular complexity index is 1180. The lowest BCUT2D eigenvalue weighted by Gasteiger charge is -2.31. The average molecular weight is 438 g/mol. The zero-order valence-corrected chi connectivity index (χ0v) is 18.2. The van der Waals surface area contributed by atoms with Gasteiger partial charge in [0.05, 0.1) is 29.9 Å². The summed E-state index contributed by atoms with van der Waals surface area (Å²) in [6.07, 6.45) is -0.115. The van der Waals surface area contributed by atoms with Crippen LogP contribution in [0.2, 0.25) is 0 Å². The molecule has 0 aliphatic heterocycles. The number of nitrogens with zero attached hydrogens (tertiary/aromatic N) is 3. The van der Waals surface area contributed by atoms with Crippen LogP contribution in [-0.2, 0) is 15.4 Å². The van der Waals surface area contributed by atoms with Gasteiger partial charge in [-0.15, -0.1) is 0 Å². The van der Waals surface area contributed by atoms with Crippen molar-refractivity contribution in [2.45, 2.75) is 55.5 Å². The van der Waals surface area contributed by atoms with E-state index in [1.54, 1.807) is 36.6 Å². The van der Waals surface area contributed by atoms with Crippen LogP contribution >= 0.6 is 11.3 Å². The molecule has 4 rings (SSSR count). The molecule has 3 aromatic rings. The van der Waals surface area contributed by atoms with E-state index in [4.69, 9.17) is 4.74 Å². The van der Waals surface area contributed by atoms with Gasteiger partial charge in [0.25, 0.3) is 0 Å². The molecule has 0 unspecified atom stereocenters. The summed E-state index contributed by atoms with van der Waals surface area (Å²) < 4.78 is 33.1. The lowest BCUT2D eigenvalue weighted by atomic mass is 9.96. The number of aliphatic hydroxyl groups excluding tert-OH is 1. The monoisotopic (exact) mass is 437 g/mol. The Morgan fingerprint density at radius 3 is 2.59 bits per heavy atom. The molecule has 8 nitrogen and oxygen atoms in total. The lowest BCUT2D eigenvalue weighted by Crippen LogP contribution is -2.39. The van der Waals surface area contributed by atoms with Crippen molar-refractivity contribution < 1.29 is 23.4 Å². The fourth-order valence-corrected chi connectivity index (χ4v) is 6.42.